The summed E-state index contributed by atoms with van der Waals surface area (Å²) in [5.41, 5.74) is 1.12. The standard InChI is InChI=1S/C13H15NO2/c1-9-13(15)14(11-6-7-11)8-10-4-2-3-5-12(10)16-9/h2-5,9,11H,6-8H2,1H3. The molecule has 0 saturated heterocycles. The number of carbonyl (C=O) groups excluding carboxylic acids is 1. The Morgan fingerprint density at radius 3 is 2.81 bits per heavy atom. The zero-order valence-electron chi connectivity index (χ0n) is 9.35. The van der Waals surface area contributed by atoms with E-state index in [1.54, 1.807) is 0 Å². The molecule has 3 nitrogen and oxygen atoms in total. The number of benzene rings is 1. The SMILES string of the molecule is CC1Oc2ccccc2CN(C2CC2)C1=O. The van der Waals surface area contributed by atoms with Crippen molar-refractivity contribution in [3.05, 3.63) is 29.8 Å². The van der Waals surface area contributed by atoms with Gasteiger partial charge in [-0.3, -0.25) is 4.79 Å². The average molecular weight is 217 g/mol. The minimum Gasteiger partial charge on any atom is -0.481 e. The van der Waals surface area contributed by atoms with E-state index in [1.807, 2.05) is 36.1 Å². The first-order chi connectivity index (χ1) is 7.75. The van der Waals surface area contributed by atoms with Crippen LogP contribution in [0.1, 0.15) is 25.3 Å². The fourth-order valence-electron chi connectivity index (χ4n) is 2.18. The monoisotopic (exact) mass is 217 g/mol. The number of para-hydroxylation sites is 1. The number of carbonyl (C=O) groups is 1. The van der Waals surface area contributed by atoms with Crippen molar-refractivity contribution in [1.29, 1.82) is 0 Å². The van der Waals surface area contributed by atoms with Gasteiger partial charge in [-0.2, -0.15) is 0 Å². The van der Waals surface area contributed by atoms with Crippen LogP contribution in [0, 0.1) is 0 Å². The second kappa shape index (κ2) is 3.51. The molecule has 3 heteroatoms. The van der Waals surface area contributed by atoms with E-state index in [0.29, 0.717) is 12.6 Å². The molecule has 1 amide bonds. The Morgan fingerprint density at radius 1 is 1.31 bits per heavy atom. The lowest BCUT2D eigenvalue weighted by molar-refractivity contribution is -0.138. The van der Waals surface area contributed by atoms with E-state index in [-0.39, 0.29) is 12.0 Å². The fourth-order valence-corrected chi connectivity index (χ4v) is 2.18. The van der Waals surface area contributed by atoms with E-state index in [0.717, 1.165) is 24.2 Å². The lowest BCUT2D eigenvalue weighted by Crippen LogP contribution is -2.39. The van der Waals surface area contributed by atoms with E-state index in [1.165, 1.54) is 0 Å². The molecule has 1 atom stereocenters. The zero-order chi connectivity index (χ0) is 11.1. The molecule has 1 aliphatic heterocycles. The Labute approximate surface area is 95.0 Å². The quantitative estimate of drug-likeness (QED) is 0.719. The van der Waals surface area contributed by atoms with Gasteiger partial charge in [0.2, 0.25) is 0 Å². The molecule has 0 bridgehead atoms. The van der Waals surface area contributed by atoms with E-state index in [2.05, 4.69) is 0 Å². The van der Waals surface area contributed by atoms with Crippen molar-refractivity contribution in [2.24, 2.45) is 0 Å². The topological polar surface area (TPSA) is 29.5 Å². The molecule has 0 aromatic heterocycles. The van der Waals surface area contributed by atoms with Crippen molar-refractivity contribution < 1.29 is 9.53 Å². The van der Waals surface area contributed by atoms with Crippen LogP contribution in [0.2, 0.25) is 0 Å². The van der Waals surface area contributed by atoms with Gasteiger partial charge in [-0.25, -0.2) is 0 Å². The molecule has 1 saturated carbocycles. The summed E-state index contributed by atoms with van der Waals surface area (Å²) in [6.07, 6.45) is 1.92. The number of amides is 1. The molecule has 0 spiro atoms. The zero-order valence-corrected chi connectivity index (χ0v) is 9.35. The number of ether oxygens (including phenoxy) is 1. The van der Waals surface area contributed by atoms with Crippen LogP contribution in [0.4, 0.5) is 0 Å². The van der Waals surface area contributed by atoms with Crippen molar-refractivity contribution >= 4 is 5.91 Å². The minimum atomic E-state index is -0.357. The predicted octanol–water partition coefficient (Wildman–Crippen LogP) is 1.96. The lowest BCUT2D eigenvalue weighted by atomic mass is 10.2. The van der Waals surface area contributed by atoms with Gasteiger partial charge in [0.25, 0.3) is 5.91 Å². The third-order valence-corrected chi connectivity index (χ3v) is 3.24. The van der Waals surface area contributed by atoms with Crippen molar-refractivity contribution in [3.8, 4) is 5.75 Å². The fraction of sp³-hybridized carbons (Fsp3) is 0.462. The molecule has 1 aromatic carbocycles. The molecular formula is C13H15NO2. The minimum absolute atomic E-state index is 0.124. The Morgan fingerprint density at radius 2 is 2.06 bits per heavy atom. The van der Waals surface area contributed by atoms with Crippen molar-refractivity contribution in [2.75, 3.05) is 0 Å². The average Bonchev–Trinajstić information content (AvgIpc) is 3.10. The van der Waals surface area contributed by atoms with E-state index in [4.69, 9.17) is 4.74 Å². The highest BCUT2D eigenvalue weighted by Crippen LogP contribution is 2.33. The molecule has 1 aromatic rings. The maximum Gasteiger partial charge on any atom is 0.263 e. The van der Waals surface area contributed by atoms with Gasteiger partial charge in [-0.15, -0.1) is 0 Å². The number of hydrogen-bond donors (Lipinski definition) is 0. The summed E-state index contributed by atoms with van der Waals surface area (Å²) in [6.45, 7) is 2.53. The number of rotatable bonds is 1. The van der Waals surface area contributed by atoms with Gasteiger partial charge in [0.15, 0.2) is 6.10 Å². The van der Waals surface area contributed by atoms with Crippen LogP contribution in [-0.2, 0) is 11.3 Å². The summed E-state index contributed by atoms with van der Waals surface area (Å²) in [4.78, 5) is 14.1. The summed E-state index contributed by atoms with van der Waals surface area (Å²) in [7, 11) is 0. The first kappa shape index (κ1) is 9.70. The first-order valence-corrected chi connectivity index (χ1v) is 5.81. The molecule has 16 heavy (non-hydrogen) atoms. The van der Waals surface area contributed by atoms with Gasteiger partial charge in [0.1, 0.15) is 5.75 Å². The Hall–Kier alpha value is -1.51. The Balaban J connectivity index is 1.97. The normalized spacial score (nSPS) is 24.7. The predicted molar refractivity (Wildman–Crippen MR) is 60.1 cm³/mol. The highest BCUT2D eigenvalue weighted by atomic mass is 16.5. The summed E-state index contributed by atoms with van der Waals surface area (Å²) in [6, 6.07) is 8.37. The second-order valence-electron chi connectivity index (χ2n) is 4.57. The highest BCUT2D eigenvalue weighted by molar-refractivity contribution is 5.82. The molecule has 0 radical (unpaired) electrons. The van der Waals surface area contributed by atoms with Crippen LogP contribution >= 0.6 is 0 Å². The highest BCUT2D eigenvalue weighted by Gasteiger charge is 2.37. The van der Waals surface area contributed by atoms with Crippen molar-refractivity contribution in [1.82, 2.24) is 4.90 Å². The molecule has 84 valence electrons. The van der Waals surface area contributed by atoms with Gasteiger partial charge in [0.05, 0.1) is 0 Å². The molecule has 1 heterocycles. The summed E-state index contributed by atoms with van der Waals surface area (Å²) in [5.74, 6) is 0.977. The van der Waals surface area contributed by atoms with Crippen LogP contribution < -0.4 is 4.74 Å². The van der Waals surface area contributed by atoms with Crippen LogP contribution in [0.5, 0.6) is 5.75 Å². The van der Waals surface area contributed by atoms with Crippen molar-refractivity contribution in [2.45, 2.75) is 38.5 Å². The smallest absolute Gasteiger partial charge is 0.263 e. The van der Waals surface area contributed by atoms with Gasteiger partial charge < -0.3 is 9.64 Å². The van der Waals surface area contributed by atoms with Crippen molar-refractivity contribution in [3.63, 3.8) is 0 Å². The second-order valence-corrected chi connectivity index (χ2v) is 4.57. The summed E-state index contributed by atoms with van der Waals surface area (Å²) < 4.78 is 5.69. The molecule has 1 fully saturated rings. The maximum atomic E-state index is 12.1. The van der Waals surface area contributed by atoms with E-state index >= 15 is 0 Å². The molecule has 3 rings (SSSR count). The largest absolute Gasteiger partial charge is 0.481 e. The van der Waals surface area contributed by atoms with E-state index < -0.39 is 0 Å². The third-order valence-electron chi connectivity index (χ3n) is 3.24. The van der Waals surface area contributed by atoms with Crippen LogP contribution in [0.15, 0.2) is 24.3 Å². The number of fused-ring (bicyclic) bond motifs is 1. The maximum absolute atomic E-state index is 12.1. The van der Waals surface area contributed by atoms with Crippen LogP contribution in [0.3, 0.4) is 0 Å². The molecule has 1 unspecified atom stereocenters. The summed E-state index contributed by atoms with van der Waals surface area (Å²) >= 11 is 0. The van der Waals surface area contributed by atoms with Crippen LogP contribution in [-0.4, -0.2) is 23.0 Å². The lowest BCUT2D eigenvalue weighted by Gasteiger charge is -2.21. The molecule has 2 aliphatic rings. The number of hydrogen-bond acceptors (Lipinski definition) is 2. The Bertz CT molecular complexity index is 426. The first-order valence-electron chi connectivity index (χ1n) is 5.81. The number of nitrogens with zero attached hydrogens (tertiary/aromatic N) is 1. The summed E-state index contributed by atoms with van der Waals surface area (Å²) in [5, 5.41) is 0. The molecule has 0 N–H and O–H groups in total. The van der Waals surface area contributed by atoms with E-state index in [9.17, 15) is 4.79 Å². The van der Waals surface area contributed by atoms with Gasteiger partial charge in [-0.05, 0) is 25.8 Å². The van der Waals surface area contributed by atoms with Gasteiger partial charge in [0, 0.05) is 18.2 Å². The third kappa shape index (κ3) is 1.56. The Kier molecular flexibility index (Phi) is 2.13. The van der Waals surface area contributed by atoms with Gasteiger partial charge >= 0.3 is 0 Å². The van der Waals surface area contributed by atoms with Crippen LogP contribution in [0.25, 0.3) is 0 Å². The molecular weight excluding hydrogens is 202 g/mol. The van der Waals surface area contributed by atoms with Gasteiger partial charge in [-0.1, -0.05) is 18.2 Å². The molecule has 1 aliphatic carbocycles.